The zero-order valence-electron chi connectivity index (χ0n) is 16.1. The largest absolute Gasteiger partial charge is 0.508 e. The van der Waals surface area contributed by atoms with Crippen molar-refractivity contribution in [3.05, 3.63) is 29.8 Å². The third kappa shape index (κ3) is 3.83. The number of amides is 2. The summed E-state index contributed by atoms with van der Waals surface area (Å²) < 4.78 is 0. The lowest BCUT2D eigenvalue weighted by atomic mass is 9.84. The minimum atomic E-state index is -0.0402. The van der Waals surface area contributed by atoms with Crippen LogP contribution in [0.3, 0.4) is 0 Å². The van der Waals surface area contributed by atoms with Crippen LogP contribution in [0.4, 0.5) is 4.79 Å². The third-order valence-corrected chi connectivity index (χ3v) is 7.09. The summed E-state index contributed by atoms with van der Waals surface area (Å²) >= 11 is 0. The summed E-state index contributed by atoms with van der Waals surface area (Å²) in [6, 6.07) is 6.71. The molecule has 1 heterocycles. The molecule has 4 rings (SSSR count). The first-order chi connectivity index (χ1) is 13.0. The van der Waals surface area contributed by atoms with Crippen LogP contribution < -0.4 is 5.32 Å². The fraction of sp³-hybridized carbons (Fsp3) is 0.636. The number of phenols is 1. The van der Waals surface area contributed by atoms with Crippen LogP contribution in [0.25, 0.3) is 0 Å². The van der Waals surface area contributed by atoms with Gasteiger partial charge in [-0.3, -0.25) is 4.79 Å². The number of aromatic hydroxyl groups is 1. The molecule has 1 aromatic carbocycles. The number of carbonyl (C=O) groups excluding carboxylic acids is 2. The first-order valence-electron chi connectivity index (χ1n) is 10.4. The molecule has 3 aliphatic rings. The topological polar surface area (TPSA) is 69.6 Å². The van der Waals surface area contributed by atoms with Crippen molar-refractivity contribution in [2.75, 3.05) is 13.1 Å². The average molecular weight is 370 g/mol. The molecule has 4 atom stereocenters. The van der Waals surface area contributed by atoms with Gasteiger partial charge in [-0.2, -0.15) is 0 Å². The Morgan fingerprint density at radius 1 is 1.07 bits per heavy atom. The summed E-state index contributed by atoms with van der Waals surface area (Å²) in [5, 5.41) is 12.6. The van der Waals surface area contributed by atoms with Gasteiger partial charge in [0.25, 0.3) is 0 Å². The zero-order chi connectivity index (χ0) is 19.0. The molecule has 146 valence electrons. The van der Waals surface area contributed by atoms with Crippen LogP contribution in [0.1, 0.15) is 55.8 Å². The van der Waals surface area contributed by atoms with Crippen LogP contribution in [-0.2, 0) is 0 Å². The Hall–Kier alpha value is -2.04. The predicted octanol–water partition coefficient (Wildman–Crippen LogP) is 3.82. The van der Waals surface area contributed by atoms with E-state index < -0.39 is 0 Å². The van der Waals surface area contributed by atoms with Gasteiger partial charge < -0.3 is 15.3 Å². The molecule has 1 aromatic rings. The van der Waals surface area contributed by atoms with E-state index in [1.54, 1.807) is 24.3 Å². The molecule has 2 N–H and O–H groups in total. The van der Waals surface area contributed by atoms with Crippen molar-refractivity contribution in [2.45, 2.75) is 51.5 Å². The second-order valence-corrected chi connectivity index (χ2v) is 8.75. The van der Waals surface area contributed by atoms with Crippen molar-refractivity contribution in [1.82, 2.24) is 10.2 Å². The van der Waals surface area contributed by atoms with Gasteiger partial charge >= 0.3 is 6.03 Å². The van der Waals surface area contributed by atoms with E-state index in [1.807, 2.05) is 4.90 Å². The number of fused-ring (bicyclic) bond motifs is 2. The number of urea groups is 1. The number of benzene rings is 1. The fourth-order valence-electron chi connectivity index (χ4n) is 5.51. The van der Waals surface area contributed by atoms with Crippen molar-refractivity contribution < 1.29 is 14.7 Å². The Kier molecular flexibility index (Phi) is 5.11. The summed E-state index contributed by atoms with van der Waals surface area (Å²) in [6.45, 7) is 3.41. The molecule has 3 fully saturated rings. The zero-order valence-corrected chi connectivity index (χ0v) is 16.1. The van der Waals surface area contributed by atoms with E-state index in [9.17, 15) is 14.7 Å². The summed E-state index contributed by atoms with van der Waals surface area (Å²) in [5.74, 6) is 2.58. The molecule has 1 aliphatic heterocycles. The van der Waals surface area contributed by atoms with E-state index in [2.05, 4.69) is 12.2 Å². The Morgan fingerprint density at radius 3 is 2.37 bits per heavy atom. The van der Waals surface area contributed by atoms with Gasteiger partial charge in [-0.05, 0) is 81.0 Å². The SMILES string of the molecule is CC(NC(=O)N1CCC(C(=O)c2ccc(O)cc2)CC1)C1CC2CCC1C2. The maximum absolute atomic E-state index is 12.7. The van der Waals surface area contributed by atoms with E-state index in [-0.39, 0.29) is 29.5 Å². The highest BCUT2D eigenvalue weighted by Crippen LogP contribution is 2.49. The maximum atomic E-state index is 12.7. The predicted molar refractivity (Wildman–Crippen MR) is 104 cm³/mol. The minimum Gasteiger partial charge on any atom is -0.508 e. The smallest absolute Gasteiger partial charge is 0.317 e. The molecule has 5 nitrogen and oxygen atoms in total. The summed E-state index contributed by atoms with van der Waals surface area (Å²) in [5.41, 5.74) is 0.639. The third-order valence-electron chi connectivity index (χ3n) is 7.09. The van der Waals surface area contributed by atoms with Gasteiger partial charge in [-0.1, -0.05) is 6.42 Å². The highest BCUT2D eigenvalue weighted by molar-refractivity contribution is 5.98. The van der Waals surface area contributed by atoms with Crippen molar-refractivity contribution in [2.24, 2.45) is 23.7 Å². The Labute approximate surface area is 161 Å². The Balaban J connectivity index is 1.26. The molecule has 2 aliphatic carbocycles. The van der Waals surface area contributed by atoms with Gasteiger partial charge in [-0.25, -0.2) is 4.79 Å². The molecule has 0 aromatic heterocycles. The first-order valence-corrected chi connectivity index (χ1v) is 10.4. The molecule has 2 saturated carbocycles. The lowest BCUT2D eigenvalue weighted by Gasteiger charge is -2.34. The quantitative estimate of drug-likeness (QED) is 0.792. The van der Waals surface area contributed by atoms with Gasteiger partial charge in [0.1, 0.15) is 5.75 Å². The van der Waals surface area contributed by atoms with Gasteiger partial charge in [0.2, 0.25) is 0 Å². The second kappa shape index (κ2) is 7.53. The number of rotatable bonds is 4. The number of phenolic OH excluding ortho intramolecular Hbond substituents is 1. The standard InChI is InChI=1S/C22H30N2O3/c1-14(20-13-15-2-3-18(20)12-15)23-22(27)24-10-8-17(9-11-24)21(26)16-4-6-19(25)7-5-16/h4-7,14-15,17-18,20,25H,2-3,8-13H2,1H3,(H,23,27). The molecular formula is C22H30N2O3. The number of nitrogens with one attached hydrogen (secondary N) is 1. The Bertz CT molecular complexity index is 694. The molecule has 2 bridgehead atoms. The van der Waals surface area contributed by atoms with Crippen molar-refractivity contribution in [3.8, 4) is 5.75 Å². The van der Waals surface area contributed by atoms with Gasteiger partial charge in [0.15, 0.2) is 5.78 Å². The van der Waals surface area contributed by atoms with Crippen molar-refractivity contribution in [3.63, 3.8) is 0 Å². The van der Waals surface area contributed by atoms with Crippen LogP contribution >= 0.6 is 0 Å². The van der Waals surface area contributed by atoms with E-state index >= 15 is 0 Å². The highest BCUT2D eigenvalue weighted by atomic mass is 16.3. The molecule has 0 spiro atoms. The van der Waals surface area contributed by atoms with Crippen molar-refractivity contribution >= 4 is 11.8 Å². The van der Waals surface area contributed by atoms with Crippen LogP contribution in [0.2, 0.25) is 0 Å². The van der Waals surface area contributed by atoms with Crippen LogP contribution in [-0.4, -0.2) is 41.0 Å². The second-order valence-electron chi connectivity index (χ2n) is 8.75. The number of hydrogen-bond donors (Lipinski definition) is 2. The maximum Gasteiger partial charge on any atom is 0.317 e. The first kappa shape index (κ1) is 18.3. The highest BCUT2D eigenvalue weighted by Gasteiger charge is 2.42. The molecule has 2 amide bonds. The number of likely N-dealkylation sites (tertiary alicyclic amines) is 1. The molecule has 4 unspecified atom stereocenters. The summed E-state index contributed by atoms with van der Waals surface area (Å²) in [4.78, 5) is 27.1. The van der Waals surface area contributed by atoms with E-state index in [0.29, 0.717) is 37.4 Å². The molecular weight excluding hydrogens is 340 g/mol. The van der Waals surface area contributed by atoms with Gasteiger partial charge in [0, 0.05) is 30.6 Å². The molecule has 0 radical (unpaired) electrons. The normalized spacial score (nSPS) is 28.9. The number of Topliss-reactive ketones (excluding diaryl/α,β-unsaturated/α-hetero) is 1. The number of piperidine rings is 1. The van der Waals surface area contributed by atoms with E-state index in [1.165, 1.54) is 25.7 Å². The van der Waals surface area contributed by atoms with Crippen LogP contribution in [0, 0.1) is 23.7 Å². The number of ketones is 1. The Morgan fingerprint density at radius 2 is 1.78 bits per heavy atom. The van der Waals surface area contributed by atoms with E-state index in [0.717, 1.165) is 11.8 Å². The van der Waals surface area contributed by atoms with E-state index in [4.69, 9.17) is 0 Å². The lowest BCUT2D eigenvalue weighted by molar-refractivity contribution is 0.0851. The molecule has 5 heteroatoms. The minimum absolute atomic E-state index is 0.0285. The number of hydrogen-bond acceptors (Lipinski definition) is 3. The van der Waals surface area contributed by atoms with Crippen LogP contribution in [0.5, 0.6) is 5.75 Å². The summed E-state index contributed by atoms with van der Waals surface area (Å²) in [6.07, 6.45) is 6.75. The summed E-state index contributed by atoms with van der Waals surface area (Å²) in [7, 11) is 0. The lowest BCUT2D eigenvalue weighted by Crippen LogP contribution is -2.50. The number of carbonyl (C=O) groups is 2. The monoisotopic (exact) mass is 370 g/mol. The van der Waals surface area contributed by atoms with Crippen molar-refractivity contribution in [1.29, 1.82) is 0 Å². The number of nitrogens with zero attached hydrogens (tertiary/aromatic N) is 1. The fourth-order valence-corrected chi connectivity index (χ4v) is 5.51. The van der Waals surface area contributed by atoms with Crippen LogP contribution in [0.15, 0.2) is 24.3 Å². The molecule has 27 heavy (non-hydrogen) atoms. The molecule has 1 saturated heterocycles. The van der Waals surface area contributed by atoms with Gasteiger partial charge in [-0.15, -0.1) is 0 Å². The van der Waals surface area contributed by atoms with Gasteiger partial charge in [0.05, 0.1) is 0 Å². The average Bonchev–Trinajstić information content (AvgIpc) is 3.32.